The summed E-state index contributed by atoms with van der Waals surface area (Å²) in [6, 6.07) is 13.9. The molecule has 6 heteroatoms. The summed E-state index contributed by atoms with van der Waals surface area (Å²) in [6.45, 7) is 3.26. The maximum absolute atomic E-state index is 12.6. The third-order valence-corrected chi connectivity index (χ3v) is 4.51. The maximum Gasteiger partial charge on any atom is 0.227 e. The van der Waals surface area contributed by atoms with Crippen LogP contribution in [0.5, 0.6) is 0 Å². The number of pyridine rings is 1. The molecular weight excluding hydrogens is 314 g/mol. The predicted molar refractivity (Wildman–Crippen MR) is 93.5 cm³/mol. The monoisotopic (exact) mass is 333 g/mol. The number of hydrogen-bond donors (Lipinski definition) is 0. The van der Waals surface area contributed by atoms with Crippen LogP contribution in [0, 0.1) is 0 Å². The largest absolute Gasteiger partial charge is 0.333 e. The minimum Gasteiger partial charge on any atom is -0.333 e. The van der Waals surface area contributed by atoms with E-state index in [9.17, 15) is 4.79 Å². The molecule has 1 aromatic carbocycles. The number of amides is 1. The SMILES string of the molecule is C[C@H]1CN(C(=O)Cc2ccncc2)Cc2nnc(-c3ccccc3)n21. The van der Waals surface area contributed by atoms with Gasteiger partial charge in [-0.1, -0.05) is 30.3 Å². The van der Waals surface area contributed by atoms with Gasteiger partial charge >= 0.3 is 0 Å². The molecule has 0 bridgehead atoms. The summed E-state index contributed by atoms with van der Waals surface area (Å²) in [5.74, 6) is 1.80. The summed E-state index contributed by atoms with van der Waals surface area (Å²) in [5.41, 5.74) is 2.02. The van der Waals surface area contributed by atoms with Gasteiger partial charge in [0.15, 0.2) is 11.6 Å². The van der Waals surface area contributed by atoms with Crippen molar-refractivity contribution in [1.82, 2.24) is 24.6 Å². The van der Waals surface area contributed by atoms with Crippen molar-refractivity contribution in [2.24, 2.45) is 0 Å². The molecule has 25 heavy (non-hydrogen) atoms. The second kappa shape index (κ2) is 6.47. The minimum absolute atomic E-state index is 0.105. The van der Waals surface area contributed by atoms with E-state index in [4.69, 9.17) is 0 Å². The van der Waals surface area contributed by atoms with E-state index in [1.165, 1.54) is 0 Å². The lowest BCUT2D eigenvalue weighted by Gasteiger charge is -2.32. The summed E-state index contributed by atoms with van der Waals surface area (Å²) >= 11 is 0. The van der Waals surface area contributed by atoms with Crippen molar-refractivity contribution in [3.8, 4) is 11.4 Å². The lowest BCUT2D eigenvalue weighted by molar-refractivity contribution is -0.132. The molecular formula is C19H19N5O. The highest BCUT2D eigenvalue weighted by atomic mass is 16.2. The van der Waals surface area contributed by atoms with E-state index in [0.717, 1.165) is 22.8 Å². The van der Waals surface area contributed by atoms with Crippen molar-refractivity contribution in [3.63, 3.8) is 0 Å². The van der Waals surface area contributed by atoms with Gasteiger partial charge in [0.2, 0.25) is 5.91 Å². The smallest absolute Gasteiger partial charge is 0.227 e. The number of carbonyl (C=O) groups is 1. The molecule has 126 valence electrons. The molecule has 0 spiro atoms. The van der Waals surface area contributed by atoms with Crippen LogP contribution in [0.25, 0.3) is 11.4 Å². The first kappa shape index (κ1) is 15.5. The third-order valence-electron chi connectivity index (χ3n) is 4.51. The number of aromatic nitrogens is 4. The molecule has 6 nitrogen and oxygen atoms in total. The summed E-state index contributed by atoms with van der Waals surface area (Å²) in [6.07, 6.45) is 3.81. The third kappa shape index (κ3) is 3.03. The standard InChI is InChI=1S/C19H19N5O/c1-14-12-23(18(25)11-15-7-9-20-10-8-15)13-17-21-22-19(24(14)17)16-5-3-2-4-6-16/h2-10,14H,11-13H2,1H3/t14-/m0/s1. The number of benzene rings is 1. The second-order valence-corrected chi connectivity index (χ2v) is 6.33. The molecule has 0 saturated heterocycles. The zero-order chi connectivity index (χ0) is 17.2. The Labute approximate surface area is 146 Å². The van der Waals surface area contributed by atoms with Crippen molar-refractivity contribution in [2.45, 2.75) is 25.9 Å². The van der Waals surface area contributed by atoms with Crippen molar-refractivity contribution >= 4 is 5.91 Å². The molecule has 0 saturated carbocycles. The zero-order valence-corrected chi connectivity index (χ0v) is 14.0. The van der Waals surface area contributed by atoms with E-state index in [-0.39, 0.29) is 11.9 Å². The molecule has 0 radical (unpaired) electrons. The number of hydrogen-bond acceptors (Lipinski definition) is 4. The van der Waals surface area contributed by atoms with Crippen LogP contribution in [0.15, 0.2) is 54.9 Å². The van der Waals surface area contributed by atoms with Crippen LogP contribution in [0.1, 0.15) is 24.4 Å². The highest BCUT2D eigenvalue weighted by molar-refractivity contribution is 5.78. The summed E-state index contributed by atoms with van der Waals surface area (Å²) in [5, 5.41) is 8.70. The van der Waals surface area contributed by atoms with Gasteiger partial charge in [-0.2, -0.15) is 0 Å². The number of carbonyl (C=O) groups excluding carboxylic acids is 1. The van der Waals surface area contributed by atoms with Crippen molar-refractivity contribution in [2.75, 3.05) is 6.54 Å². The molecule has 1 amide bonds. The second-order valence-electron chi connectivity index (χ2n) is 6.33. The Hall–Kier alpha value is -3.02. The topological polar surface area (TPSA) is 63.9 Å². The van der Waals surface area contributed by atoms with Gasteiger partial charge in [-0.15, -0.1) is 10.2 Å². The van der Waals surface area contributed by atoms with E-state index >= 15 is 0 Å². The Bertz CT molecular complexity index is 875. The fourth-order valence-corrected chi connectivity index (χ4v) is 3.29. The van der Waals surface area contributed by atoms with Gasteiger partial charge in [0.1, 0.15) is 0 Å². The molecule has 4 rings (SSSR count). The molecule has 3 aromatic rings. The van der Waals surface area contributed by atoms with Crippen LogP contribution in [-0.2, 0) is 17.8 Å². The van der Waals surface area contributed by atoms with Gasteiger partial charge < -0.3 is 9.47 Å². The molecule has 0 fully saturated rings. The molecule has 3 heterocycles. The molecule has 1 atom stereocenters. The van der Waals surface area contributed by atoms with Gasteiger partial charge in [-0.3, -0.25) is 9.78 Å². The van der Waals surface area contributed by atoms with Gasteiger partial charge in [0.05, 0.1) is 19.0 Å². The fourth-order valence-electron chi connectivity index (χ4n) is 3.29. The summed E-state index contributed by atoms with van der Waals surface area (Å²) in [7, 11) is 0. The minimum atomic E-state index is 0.105. The van der Waals surface area contributed by atoms with Crippen LogP contribution < -0.4 is 0 Å². The summed E-state index contributed by atoms with van der Waals surface area (Å²) < 4.78 is 2.14. The van der Waals surface area contributed by atoms with Gasteiger partial charge in [0.25, 0.3) is 0 Å². The molecule has 1 aliphatic rings. The number of rotatable bonds is 3. The first-order chi connectivity index (χ1) is 12.2. The highest BCUT2D eigenvalue weighted by Crippen LogP contribution is 2.27. The Balaban J connectivity index is 1.56. The van der Waals surface area contributed by atoms with Crippen molar-refractivity contribution in [1.29, 1.82) is 0 Å². The first-order valence-corrected chi connectivity index (χ1v) is 8.38. The van der Waals surface area contributed by atoms with E-state index in [2.05, 4.69) is 26.7 Å². The molecule has 1 aliphatic heterocycles. The van der Waals surface area contributed by atoms with E-state index in [0.29, 0.717) is 19.5 Å². The Morgan fingerprint density at radius 1 is 1.12 bits per heavy atom. The normalized spacial score (nSPS) is 16.5. The first-order valence-electron chi connectivity index (χ1n) is 8.38. The van der Waals surface area contributed by atoms with Gasteiger partial charge in [-0.25, -0.2) is 0 Å². The van der Waals surface area contributed by atoms with Crippen LogP contribution in [0.3, 0.4) is 0 Å². The quantitative estimate of drug-likeness (QED) is 0.739. The van der Waals surface area contributed by atoms with Gasteiger partial charge in [-0.05, 0) is 24.6 Å². The number of nitrogens with zero attached hydrogens (tertiary/aromatic N) is 5. The predicted octanol–water partition coefficient (Wildman–Crippen LogP) is 2.49. The summed E-state index contributed by atoms with van der Waals surface area (Å²) in [4.78, 5) is 18.5. The number of fused-ring (bicyclic) bond motifs is 1. The molecule has 0 aliphatic carbocycles. The molecule has 0 unspecified atom stereocenters. The lowest BCUT2D eigenvalue weighted by atomic mass is 10.1. The average Bonchev–Trinajstić information content (AvgIpc) is 3.08. The maximum atomic E-state index is 12.6. The Morgan fingerprint density at radius 3 is 2.64 bits per heavy atom. The Kier molecular flexibility index (Phi) is 4.01. The van der Waals surface area contributed by atoms with Gasteiger partial charge in [0, 0.05) is 24.5 Å². The molecule has 0 N–H and O–H groups in total. The van der Waals surface area contributed by atoms with Crippen LogP contribution in [0.2, 0.25) is 0 Å². The van der Waals surface area contributed by atoms with E-state index in [1.807, 2.05) is 47.4 Å². The van der Waals surface area contributed by atoms with Crippen LogP contribution in [-0.4, -0.2) is 37.1 Å². The lowest BCUT2D eigenvalue weighted by Crippen LogP contribution is -2.41. The molecule has 2 aromatic heterocycles. The van der Waals surface area contributed by atoms with Crippen LogP contribution in [0.4, 0.5) is 0 Å². The Morgan fingerprint density at radius 2 is 1.88 bits per heavy atom. The van der Waals surface area contributed by atoms with Crippen molar-refractivity contribution in [3.05, 3.63) is 66.2 Å². The van der Waals surface area contributed by atoms with Crippen molar-refractivity contribution < 1.29 is 4.79 Å². The van der Waals surface area contributed by atoms with Crippen LogP contribution >= 0.6 is 0 Å². The zero-order valence-electron chi connectivity index (χ0n) is 14.0. The fraction of sp³-hybridized carbons (Fsp3) is 0.263. The average molecular weight is 333 g/mol. The van der Waals surface area contributed by atoms with E-state index < -0.39 is 0 Å². The highest BCUT2D eigenvalue weighted by Gasteiger charge is 2.29. The van der Waals surface area contributed by atoms with E-state index in [1.54, 1.807) is 12.4 Å².